The summed E-state index contributed by atoms with van der Waals surface area (Å²) in [5.41, 5.74) is 1.20. The molecule has 2 aromatic carbocycles. The van der Waals surface area contributed by atoms with E-state index in [0.29, 0.717) is 28.8 Å². The molecule has 0 bridgehead atoms. The van der Waals surface area contributed by atoms with Gasteiger partial charge in [-0.25, -0.2) is 0 Å². The maximum Gasteiger partial charge on any atom is 0.226 e. The van der Waals surface area contributed by atoms with Crippen molar-refractivity contribution < 1.29 is 9.53 Å². The van der Waals surface area contributed by atoms with Gasteiger partial charge in [-0.1, -0.05) is 53.5 Å². The molecule has 3 nitrogen and oxygen atoms in total. The highest BCUT2D eigenvalue weighted by molar-refractivity contribution is 6.42. The minimum absolute atomic E-state index is 0.126. The first-order valence-electron chi connectivity index (χ1n) is 8.07. The largest absolute Gasteiger partial charge is 0.493 e. The fraction of sp³-hybridized carbons (Fsp3) is 0.316. The molecule has 0 N–H and O–H groups in total. The van der Waals surface area contributed by atoms with E-state index < -0.39 is 0 Å². The quantitative estimate of drug-likeness (QED) is 0.737. The number of carbonyl (C=O) groups is 1. The van der Waals surface area contributed by atoms with Crippen LogP contribution in [0.2, 0.25) is 10.0 Å². The molecule has 0 spiro atoms. The summed E-state index contributed by atoms with van der Waals surface area (Å²) in [6, 6.07) is 15.5. The lowest BCUT2D eigenvalue weighted by atomic mass is 10.0. The smallest absolute Gasteiger partial charge is 0.226 e. The number of halogens is 2. The Hall–Kier alpha value is -1.71. The normalized spacial score (nSPS) is 17.1. The summed E-state index contributed by atoms with van der Waals surface area (Å²) in [4.78, 5) is 14.5. The molecule has 1 fully saturated rings. The second-order valence-corrected chi connectivity index (χ2v) is 6.64. The van der Waals surface area contributed by atoms with Gasteiger partial charge in [0.2, 0.25) is 5.91 Å². The number of hydrogen-bond donors (Lipinski definition) is 0. The second kappa shape index (κ2) is 7.91. The van der Waals surface area contributed by atoms with E-state index in [1.54, 1.807) is 18.2 Å². The van der Waals surface area contributed by atoms with Crippen molar-refractivity contribution in [2.45, 2.75) is 25.3 Å². The van der Waals surface area contributed by atoms with Crippen LogP contribution in [0, 0.1) is 0 Å². The van der Waals surface area contributed by atoms with Crippen LogP contribution in [-0.2, 0) is 4.79 Å². The molecule has 0 saturated carbocycles. The van der Waals surface area contributed by atoms with E-state index in [9.17, 15) is 4.79 Å². The molecule has 1 aliphatic heterocycles. The zero-order valence-corrected chi connectivity index (χ0v) is 14.8. The van der Waals surface area contributed by atoms with Crippen molar-refractivity contribution in [3.8, 4) is 5.75 Å². The van der Waals surface area contributed by atoms with Crippen LogP contribution in [0.15, 0.2) is 48.5 Å². The lowest BCUT2D eigenvalue weighted by Crippen LogP contribution is -2.31. The minimum atomic E-state index is 0.126. The van der Waals surface area contributed by atoms with E-state index in [2.05, 4.69) is 12.1 Å². The van der Waals surface area contributed by atoms with Gasteiger partial charge in [0.1, 0.15) is 5.75 Å². The van der Waals surface area contributed by atoms with Gasteiger partial charge in [0.25, 0.3) is 0 Å². The predicted molar refractivity (Wildman–Crippen MR) is 96.7 cm³/mol. The van der Waals surface area contributed by atoms with Crippen molar-refractivity contribution >= 4 is 29.1 Å². The van der Waals surface area contributed by atoms with Crippen LogP contribution >= 0.6 is 23.2 Å². The number of ether oxygens (including phenoxy) is 1. The number of benzene rings is 2. The van der Waals surface area contributed by atoms with Crippen LogP contribution < -0.4 is 4.74 Å². The van der Waals surface area contributed by atoms with Crippen molar-refractivity contribution in [2.75, 3.05) is 13.2 Å². The number of rotatable bonds is 5. The summed E-state index contributed by atoms with van der Waals surface area (Å²) >= 11 is 11.8. The second-order valence-electron chi connectivity index (χ2n) is 5.83. The standard InChI is InChI=1S/C19H19Cl2NO2/c20-16-9-8-15(13-17(16)21)24-12-10-19(23)22-11-4-7-18(22)14-5-2-1-3-6-14/h1-3,5-6,8-9,13,18H,4,7,10-12H2. The van der Waals surface area contributed by atoms with E-state index in [-0.39, 0.29) is 11.9 Å². The Bertz CT molecular complexity index is 706. The highest BCUT2D eigenvalue weighted by atomic mass is 35.5. The van der Waals surface area contributed by atoms with Gasteiger partial charge >= 0.3 is 0 Å². The Balaban J connectivity index is 1.55. The van der Waals surface area contributed by atoms with Crippen LogP contribution in [0.5, 0.6) is 5.75 Å². The fourth-order valence-corrected chi connectivity index (χ4v) is 3.34. The summed E-state index contributed by atoms with van der Waals surface area (Å²) in [5.74, 6) is 0.750. The van der Waals surface area contributed by atoms with Crippen molar-refractivity contribution in [2.24, 2.45) is 0 Å². The fourth-order valence-electron chi connectivity index (χ4n) is 3.05. The zero-order chi connectivity index (χ0) is 16.9. The van der Waals surface area contributed by atoms with Crippen LogP contribution in [-0.4, -0.2) is 24.0 Å². The van der Waals surface area contributed by atoms with E-state index in [1.165, 1.54) is 5.56 Å². The molecule has 1 amide bonds. The van der Waals surface area contributed by atoms with Crippen molar-refractivity contribution in [3.63, 3.8) is 0 Å². The monoisotopic (exact) mass is 363 g/mol. The van der Waals surface area contributed by atoms with Gasteiger partial charge < -0.3 is 9.64 Å². The maximum atomic E-state index is 12.5. The lowest BCUT2D eigenvalue weighted by Gasteiger charge is -2.25. The van der Waals surface area contributed by atoms with Crippen LogP contribution in [0.4, 0.5) is 0 Å². The number of likely N-dealkylation sites (tertiary alicyclic amines) is 1. The molecule has 5 heteroatoms. The Labute approximate surface area is 152 Å². The van der Waals surface area contributed by atoms with Crippen molar-refractivity contribution in [1.29, 1.82) is 0 Å². The third-order valence-corrected chi connectivity index (χ3v) is 4.97. The first-order chi connectivity index (χ1) is 11.6. The molecule has 2 aromatic rings. The third kappa shape index (κ3) is 4.03. The predicted octanol–water partition coefficient (Wildman–Crippen LogP) is 5.13. The zero-order valence-electron chi connectivity index (χ0n) is 13.3. The highest BCUT2D eigenvalue weighted by Crippen LogP contribution is 2.32. The maximum absolute atomic E-state index is 12.5. The van der Waals surface area contributed by atoms with Crippen LogP contribution in [0.3, 0.4) is 0 Å². The van der Waals surface area contributed by atoms with Gasteiger partial charge in [-0.05, 0) is 30.5 Å². The van der Waals surface area contributed by atoms with E-state index >= 15 is 0 Å². The molecule has 1 aliphatic rings. The first kappa shape index (κ1) is 17.1. The molecule has 1 atom stereocenters. The Morgan fingerprint density at radius 1 is 1.12 bits per heavy atom. The summed E-state index contributed by atoms with van der Waals surface area (Å²) in [6.07, 6.45) is 2.41. The molecule has 1 saturated heterocycles. The summed E-state index contributed by atoms with van der Waals surface area (Å²) in [5, 5.41) is 0.937. The SMILES string of the molecule is O=C(CCOc1ccc(Cl)c(Cl)c1)N1CCCC1c1ccccc1. The average molecular weight is 364 g/mol. The van der Waals surface area contributed by atoms with Crippen LogP contribution in [0.25, 0.3) is 0 Å². The minimum Gasteiger partial charge on any atom is -0.493 e. The molecule has 0 aromatic heterocycles. The molecule has 24 heavy (non-hydrogen) atoms. The van der Waals surface area contributed by atoms with E-state index in [4.69, 9.17) is 27.9 Å². The van der Waals surface area contributed by atoms with Gasteiger partial charge in [0, 0.05) is 12.6 Å². The van der Waals surface area contributed by atoms with E-state index in [1.807, 2.05) is 23.1 Å². The number of carbonyl (C=O) groups excluding carboxylic acids is 1. The van der Waals surface area contributed by atoms with Gasteiger partial charge in [-0.15, -0.1) is 0 Å². The first-order valence-corrected chi connectivity index (χ1v) is 8.83. The van der Waals surface area contributed by atoms with Crippen molar-refractivity contribution in [1.82, 2.24) is 4.90 Å². The third-order valence-electron chi connectivity index (χ3n) is 4.23. The molecule has 0 aliphatic carbocycles. The summed E-state index contributed by atoms with van der Waals surface area (Å²) in [7, 11) is 0. The van der Waals surface area contributed by atoms with Gasteiger partial charge in [0.05, 0.1) is 29.1 Å². The van der Waals surface area contributed by atoms with Gasteiger partial charge in [0.15, 0.2) is 0 Å². The van der Waals surface area contributed by atoms with Gasteiger partial charge in [-0.3, -0.25) is 4.79 Å². The number of hydrogen-bond acceptors (Lipinski definition) is 2. The molecule has 1 unspecified atom stereocenters. The molecule has 126 valence electrons. The van der Waals surface area contributed by atoms with Crippen LogP contribution in [0.1, 0.15) is 30.9 Å². The molecule has 1 heterocycles. The highest BCUT2D eigenvalue weighted by Gasteiger charge is 2.29. The van der Waals surface area contributed by atoms with Gasteiger partial charge in [-0.2, -0.15) is 0 Å². The average Bonchev–Trinajstić information content (AvgIpc) is 3.08. The number of nitrogens with zero attached hydrogens (tertiary/aromatic N) is 1. The van der Waals surface area contributed by atoms with E-state index in [0.717, 1.165) is 19.4 Å². The molecular formula is C19H19Cl2NO2. The summed E-state index contributed by atoms with van der Waals surface area (Å²) < 4.78 is 5.62. The lowest BCUT2D eigenvalue weighted by molar-refractivity contribution is -0.132. The number of amides is 1. The molecule has 0 radical (unpaired) electrons. The summed E-state index contributed by atoms with van der Waals surface area (Å²) in [6.45, 7) is 1.14. The Kier molecular flexibility index (Phi) is 5.64. The molecular weight excluding hydrogens is 345 g/mol. The Morgan fingerprint density at radius 3 is 2.67 bits per heavy atom. The molecule has 3 rings (SSSR count). The topological polar surface area (TPSA) is 29.5 Å². The van der Waals surface area contributed by atoms with Crippen molar-refractivity contribution in [3.05, 3.63) is 64.1 Å². The Morgan fingerprint density at radius 2 is 1.92 bits per heavy atom.